The zero-order chi connectivity index (χ0) is 21.3. The van der Waals surface area contributed by atoms with Crippen LogP contribution >= 0.6 is 0 Å². The van der Waals surface area contributed by atoms with Crippen molar-refractivity contribution in [3.05, 3.63) is 41.7 Å². The van der Waals surface area contributed by atoms with Crippen LogP contribution in [0.15, 0.2) is 30.3 Å². The van der Waals surface area contributed by atoms with E-state index in [0.717, 1.165) is 84.1 Å². The predicted molar refractivity (Wildman–Crippen MR) is 116 cm³/mol. The molecule has 0 radical (unpaired) electrons. The number of aromatic nitrogens is 4. The van der Waals surface area contributed by atoms with E-state index in [4.69, 9.17) is 4.74 Å². The molecule has 0 atom stereocenters. The first kappa shape index (κ1) is 21.9. The molecule has 3 heterocycles. The van der Waals surface area contributed by atoms with Crippen LogP contribution < -0.4 is 0 Å². The van der Waals surface area contributed by atoms with Crippen molar-refractivity contribution in [1.82, 2.24) is 34.9 Å². The number of morpholine rings is 1. The van der Waals surface area contributed by atoms with Crippen LogP contribution in [-0.2, 0) is 29.0 Å². The first-order valence-corrected chi connectivity index (χ1v) is 11.4. The number of amides is 1. The van der Waals surface area contributed by atoms with Crippen LogP contribution in [0.4, 0.5) is 0 Å². The van der Waals surface area contributed by atoms with E-state index in [9.17, 15) is 4.79 Å². The van der Waals surface area contributed by atoms with E-state index >= 15 is 0 Å². The molecule has 2 saturated heterocycles. The zero-order valence-electron chi connectivity index (χ0n) is 18.2. The second-order valence-electron chi connectivity index (χ2n) is 8.31. The van der Waals surface area contributed by atoms with Gasteiger partial charge in [0.25, 0.3) is 0 Å². The fourth-order valence-corrected chi connectivity index (χ4v) is 4.24. The summed E-state index contributed by atoms with van der Waals surface area (Å²) in [6, 6.07) is 10.6. The highest BCUT2D eigenvalue weighted by molar-refractivity contribution is 5.76. The molecule has 9 nitrogen and oxygen atoms in total. The molecular weight excluding hydrogens is 394 g/mol. The molecule has 0 spiro atoms. The van der Waals surface area contributed by atoms with Gasteiger partial charge in [-0.05, 0) is 48.3 Å². The Morgan fingerprint density at radius 1 is 0.968 bits per heavy atom. The number of rotatable bonds is 8. The lowest BCUT2D eigenvalue weighted by atomic mass is 10.1. The van der Waals surface area contributed by atoms with Crippen LogP contribution in [0, 0.1) is 0 Å². The van der Waals surface area contributed by atoms with Gasteiger partial charge in [0.1, 0.15) is 6.54 Å². The lowest BCUT2D eigenvalue weighted by Gasteiger charge is -2.26. The Hall–Kier alpha value is -2.36. The summed E-state index contributed by atoms with van der Waals surface area (Å²) in [6.07, 6.45) is 3.26. The van der Waals surface area contributed by atoms with Gasteiger partial charge in [-0.25, -0.2) is 4.68 Å². The lowest BCUT2D eigenvalue weighted by Crippen LogP contribution is -2.39. The smallest absolute Gasteiger partial charge is 0.244 e. The Kier molecular flexibility index (Phi) is 7.98. The summed E-state index contributed by atoms with van der Waals surface area (Å²) < 4.78 is 7.05. The minimum atomic E-state index is 0.0988. The number of tetrazole rings is 1. The first-order chi connectivity index (χ1) is 15.3. The molecule has 168 valence electrons. The molecule has 2 fully saturated rings. The van der Waals surface area contributed by atoms with E-state index in [-0.39, 0.29) is 12.5 Å². The summed E-state index contributed by atoms with van der Waals surface area (Å²) in [5.41, 5.74) is 1.39. The molecule has 2 aliphatic rings. The number of hydrogen-bond acceptors (Lipinski definition) is 7. The van der Waals surface area contributed by atoms with Gasteiger partial charge in [-0.15, -0.1) is 5.10 Å². The molecule has 0 saturated carbocycles. The van der Waals surface area contributed by atoms with Crippen molar-refractivity contribution in [3.63, 3.8) is 0 Å². The summed E-state index contributed by atoms with van der Waals surface area (Å²) >= 11 is 0. The molecule has 0 N–H and O–H groups in total. The maximum Gasteiger partial charge on any atom is 0.244 e. The zero-order valence-corrected chi connectivity index (χ0v) is 18.2. The van der Waals surface area contributed by atoms with Crippen molar-refractivity contribution in [2.45, 2.75) is 32.4 Å². The minimum Gasteiger partial charge on any atom is -0.379 e. The maximum absolute atomic E-state index is 12.9. The number of carbonyl (C=O) groups excluding carboxylic acids is 1. The number of ether oxygens (including phenoxy) is 1. The Bertz CT molecular complexity index is 807. The van der Waals surface area contributed by atoms with Crippen molar-refractivity contribution in [2.75, 3.05) is 59.0 Å². The fourth-order valence-electron chi connectivity index (χ4n) is 4.24. The van der Waals surface area contributed by atoms with Gasteiger partial charge in [0.15, 0.2) is 5.82 Å². The third kappa shape index (κ3) is 6.56. The second-order valence-corrected chi connectivity index (χ2v) is 8.31. The van der Waals surface area contributed by atoms with E-state index in [1.165, 1.54) is 5.56 Å². The van der Waals surface area contributed by atoms with Crippen molar-refractivity contribution >= 4 is 5.91 Å². The summed E-state index contributed by atoms with van der Waals surface area (Å²) in [4.78, 5) is 19.6. The van der Waals surface area contributed by atoms with Crippen molar-refractivity contribution in [2.24, 2.45) is 0 Å². The summed E-state index contributed by atoms with van der Waals surface area (Å²) in [6.45, 7) is 8.68. The average Bonchev–Trinajstić information content (AvgIpc) is 3.08. The maximum atomic E-state index is 12.9. The van der Waals surface area contributed by atoms with Crippen LogP contribution in [0.5, 0.6) is 0 Å². The molecular formula is C22H33N7O2. The molecule has 0 unspecified atom stereocenters. The first-order valence-electron chi connectivity index (χ1n) is 11.4. The molecule has 1 aromatic heterocycles. The van der Waals surface area contributed by atoms with Gasteiger partial charge in [-0.2, -0.15) is 0 Å². The van der Waals surface area contributed by atoms with Gasteiger partial charge in [-0.1, -0.05) is 30.3 Å². The molecule has 9 heteroatoms. The van der Waals surface area contributed by atoms with Crippen molar-refractivity contribution in [1.29, 1.82) is 0 Å². The van der Waals surface area contributed by atoms with E-state index in [1.54, 1.807) is 4.68 Å². The Labute approximate surface area is 183 Å². The van der Waals surface area contributed by atoms with Crippen molar-refractivity contribution < 1.29 is 9.53 Å². The highest BCUT2D eigenvalue weighted by Gasteiger charge is 2.22. The SMILES string of the molecule is O=C(Cn1nnnc1CN1CCOCC1)N1CCCN(CCCc2ccccc2)CC1. The number of hydrogen-bond donors (Lipinski definition) is 0. The molecule has 4 rings (SSSR count). The quantitative estimate of drug-likeness (QED) is 0.613. The Morgan fingerprint density at radius 3 is 2.65 bits per heavy atom. The monoisotopic (exact) mass is 427 g/mol. The second kappa shape index (κ2) is 11.3. The highest BCUT2D eigenvalue weighted by atomic mass is 16.5. The lowest BCUT2D eigenvalue weighted by molar-refractivity contribution is -0.132. The van der Waals surface area contributed by atoms with E-state index in [2.05, 4.69) is 55.7 Å². The average molecular weight is 428 g/mol. The number of aryl methyl sites for hydroxylation is 1. The fraction of sp³-hybridized carbons (Fsp3) is 0.636. The standard InChI is InChI=1S/C22H33N7O2/c30-22(19-29-21(23-24-25-29)18-27-14-16-31-17-15-27)28-11-5-10-26(12-13-28)9-4-8-20-6-2-1-3-7-20/h1-3,6-7H,4-5,8-19H2. The van der Waals surface area contributed by atoms with Gasteiger partial charge in [0, 0.05) is 32.7 Å². The van der Waals surface area contributed by atoms with Gasteiger partial charge >= 0.3 is 0 Å². The van der Waals surface area contributed by atoms with Crippen LogP contribution in [0.3, 0.4) is 0 Å². The van der Waals surface area contributed by atoms with Crippen LogP contribution in [-0.4, -0.2) is 99.8 Å². The summed E-state index contributed by atoms with van der Waals surface area (Å²) in [5, 5.41) is 12.0. The topological polar surface area (TPSA) is 79.6 Å². The minimum absolute atomic E-state index is 0.0988. The predicted octanol–water partition coefficient (Wildman–Crippen LogP) is 0.672. The normalized spacial score (nSPS) is 18.8. The van der Waals surface area contributed by atoms with E-state index < -0.39 is 0 Å². The number of benzene rings is 1. The molecule has 0 bridgehead atoms. The largest absolute Gasteiger partial charge is 0.379 e. The molecule has 0 aliphatic carbocycles. The van der Waals surface area contributed by atoms with E-state index in [1.807, 2.05) is 4.90 Å². The van der Waals surface area contributed by atoms with E-state index in [0.29, 0.717) is 6.54 Å². The van der Waals surface area contributed by atoms with Gasteiger partial charge in [0.05, 0.1) is 19.8 Å². The van der Waals surface area contributed by atoms with Gasteiger partial charge < -0.3 is 14.5 Å². The molecule has 1 aromatic carbocycles. The molecule has 2 aliphatic heterocycles. The van der Waals surface area contributed by atoms with Crippen LogP contribution in [0.2, 0.25) is 0 Å². The third-order valence-corrected chi connectivity index (χ3v) is 6.08. The van der Waals surface area contributed by atoms with Crippen LogP contribution in [0.1, 0.15) is 24.2 Å². The highest BCUT2D eigenvalue weighted by Crippen LogP contribution is 2.09. The molecule has 31 heavy (non-hydrogen) atoms. The number of nitrogens with zero attached hydrogens (tertiary/aromatic N) is 7. The number of carbonyl (C=O) groups is 1. The van der Waals surface area contributed by atoms with Crippen LogP contribution in [0.25, 0.3) is 0 Å². The van der Waals surface area contributed by atoms with Gasteiger partial charge in [-0.3, -0.25) is 9.69 Å². The van der Waals surface area contributed by atoms with Gasteiger partial charge in [0.2, 0.25) is 5.91 Å². The molecule has 2 aromatic rings. The third-order valence-electron chi connectivity index (χ3n) is 6.08. The summed E-state index contributed by atoms with van der Waals surface area (Å²) in [7, 11) is 0. The van der Waals surface area contributed by atoms with Crippen molar-refractivity contribution in [3.8, 4) is 0 Å². The Balaban J connectivity index is 1.22. The summed E-state index contributed by atoms with van der Waals surface area (Å²) in [5.74, 6) is 0.842. The Morgan fingerprint density at radius 2 is 1.81 bits per heavy atom. The molecule has 1 amide bonds.